The number of rotatable bonds is 6. The smallest absolute Gasteiger partial charge is 0.273 e. The Balaban J connectivity index is 2.05. The van der Waals surface area contributed by atoms with Gasteiger partial charge in [0.05, 0.1) is 12.2 Å². The quantitative estimate of drug-likeness (QED) is 0.688. The molecule has 0 saturated carbocycles. The lowest BCUT2D eigenvalue weighted by atomic mass is 10.1. The van der Waals surface area contributed by atoms with Crippen LogP contribution in [0.25, 0.3) is 0 Å². The fourth-order valence-corrected chi connectivity index (χ4v) is 2.65. The van der Waals surface area contributed by atoms with Crippen LogP contribution in [0.1, 0.15) is 46.5 Å². The predicted molar refractivity (Wildman–Crippen MR) is 105 cm³/mol. The van der Waals surface area contributed by atoms with E-state index in [1.807, 2.05) is 25.1 Å². The summed E-state index contributed by atoms with van der Waals surface area (Å²) < 4.78 is 6.49. The maximum Gasteiger partial charge on any atom is 0.273 e. The van der Waals surface area contributed by atoms with Gasteiger partial charge in [-0.1, -0.05) is 48.0 Å². The van der Waals surface area contributed by atoms with Gasteiger partial charge in [-0.3, -0.25) is 20.4 Å². The Labute approximate surface area is 162 Å². The highest BCUT2D eigenvalue weighted by Crippen LogP contribution is 2.23. The summed E-state index contributed by atoms with van der Waals surface area (Å²) in [6.07, 6.45) is 0.890. The largest absolute Gasteiger partial charge is 0.493 e. The molecule has 2 amide bonds. The summed E-state index contributed by atoms with van der Waals surface area (Å²) in [5.41, 5.74) is 6.60. The van der Waals surface area contributed by atoms with Crippen molar-refractivity contribution < 1.29 is 14.3 Å². The third-order valence-corrected chi connectivity index (χ3v) is 4.31. The molecule has 0 atom stereocenters. The zero-order valence-electron chi connectivity index (χ0n) is 15.1. The number of aryl methyl sites for hydroxylation is 1. The normalized spacial score (nSPS) is 10.5. The third kappa shape index (κ3) is 5.59. The minimum Gasteiger partial charge on any atom is -0.493 e. The molecular weight excluding hydrogens is 396 g/mol. The SMILES string of the molecule is Cc1ccccc1C(=O)NNC(=O)c1cc(Br)ccc1OCCC(C)C. The van der Waals surface area contributed by atoms with Crippen molar-refractivity contribution in [3.63, 3.8) is 0 Å². The van der Waals surface area contributed by atoms with Crippen molar-refractivity contribution in [3.05, 3.63) is 63.6 Å². The molecule has 0 aliphatic carbocycles. The van der Waals surface area contributed by atoms with Crippen LogP contribution in [-0.4, -0.2) is 18.4 Å². The average Bonchev–Trinajstić information content (AvgIpc) is 2.60. The number of ether oxygens (including phenoxy) is 1. The Morgan fingerprint density at radius 3 is 2.35 bits per heavy atom. The first-order chi connectivity index (χ1) is 12.4. The molecule has 0 unspecified atom stereocenters. The van der Waals surface area contributed by atoms with Crippen LogP contribution in [0.5, 0.6) is 5.75 Å². The van der Waals surface area contributed by atoms with Gasteiger partial charge in [-0.2, -0.15) is 0 Å². The molecule has 0 spiro atoms. The highest BCUT2D eigenvalue weighted by molar-refractivity contribution is 9.10. The van der Waals surface area contributed by atoms with Gasteiger partial charge in [-0.25, -0.2) is 0 Å². The van der Waals surface area contributed by atoms with Crippen molar-refractivity contribution in [1.29, 1.82) is 0 Å². The van der Waals surface area contributed by atoms with Crippen LogP contribution in [0.4, 0.5) is 0 Å². The molecular formula is C20H23BrN2O3. The molecule has 2 aromatic rings. The molecule has 2 rings (SSSR count). The van der Waals surface area contributed by atoms with Crippen LogP contribution in [0.15, 0.2) is 46.9 Å². The number of nitrogens with one attached hydrogen (secondary N) is 2. The van der Waals surface area contributed by atoms with Crippen LogP contribution < -0.4 is 15.6 Å². The van der Waals surface area contributed by atoms with Gasteiger partial charge in [0.1, 0.15) is 5.75 Å². The van der Waals surface area contributed by atoms with Gasteiger partial charge < -0.3 is 4.74 Å². The Morgan fingerprint density at radius 2 is 1.69 bits per heavy atom. The Hall–Kier alpha value is -2.34. The van der Waals surface area contributed by atoms with E-state index in [9.17, 15) is 9.59 Å². The van der Waals surface area contributed by atoms with Gasteiger partial charge in [0.25, 0.3) is 11.8 Å². The van der Waals surface area contributed by atoms with Crippen LogP contribution in [-0.2, 0) is 0 Å². The summed E-state index contributed by atoms with van der Waals surface area (Å²) in [6, 6.07) is 12.4. The van der Waals surface area contributed by atoms with Crippen LogP contribution in [0, 0.1) is 12.8 Å². The van der Waals surface area contributed by atoms with E-state index < -0.39 is 5.91 Å². The van der Waals surface area contributed by atoms with Gasteiger partial charge >= 0.3 is 0 Å². The molecule has 0 radical (unpaired) electrons. The predicted octanol–water partition coefficient (Wildman–Crippen LogP) is 4.26. The van der Waals surface area contributed by atoms with Crippen molar-refractivity contribution in [2.24, 2.45) is 5.92 Å². The third-order valence-electron chi connectivity index (χ3n) is 3.82. The molecule has 0 aliphatic heterocycles. The van der Waals surface area contributed by atoms with Crippen LogP contribution >= 0.6 is 15.9 Å². The molecule has 5 nitrogen and oxygen atoms in total. The molecule has 26 heavy (non-hydrogen) atoms. The zero-order chi connectivity index (χ0) is 19.1. The Bertz CT molecular complexity index is 790. The highest BCUT2D eigenvalue weighted by atomic mass is 79.9. The number of benzene rings is 2. The summed E-state index contributed by atoms with van der Waals surface area (Å²) in [4.78, 5) is 24.7. The standard InChI is InChI=1S/C20H23BrN2O3/c1-13(2)10-11-26-18-9-8-15(21)12-17(18)20(25)23-22-19(24)16-7-5-4-6-14(16)3/h4-9,12-13H,10-11H2,1-3H3,(H,22,24)(H,23,25). The lowest BCUT2D eigenvalue weighted by Crippen LogP contribution is -2.42. The maximum absolute atomic E-state index is 12.5. The first-order valence-electron chi connectivity index (χ1n) is 8.47. The molecule has 0 fully saturated rings. The van der Waals surface area contributed by atoms with Crippen molar-refractivity contribution >= 4 is 27.7 Å². The number of amides is 2. The minimum absolute atomic E-state index is 0.355. The van der Waals surface area contributed by atoms with Gasteiger partial charge in [0, 0.05) is 10.0 Å². The number of carbonyl (C=O) groups is 2. The summed E-state index contributed by atoms with van der Waals surface area (Å²) in [5.74, 6) is 0.189. The molecule has 0 aromatic heterocycles. The molecule has 2 aromatic carbocycles. The molecule has 138 valence electrons. The molecule has 0 heterocycles. The second kappa shape index (κ2) is 9.38. The van der Waals surface area contributed by atoms with Crippen molar-refractivity contribution in [2.75, 3.05) is 6.61 Å². The van der Waals surface area contributed by atoms with Crippen molar-refractivity contribution in [3.8, 4) is 5.75 Å². The van der Waals surface area contributed by atoms with E-state index in [4.69, 9.17) is 4.74 Å². The summed E-state index contributed by atoms with van der Waals surface area (Å²) >= 11 is 3.36. The van der Waals surface area contributed by atoms with Crippen LogP contribution in [0.2, 0.25) is 0 Å². The van der Waals surface area contributed by atoms with E-state index in [-0.39, 0.29) is 5.91 Å². The monoisotopic (exact) mass is 418 g/mol. The highest BCUT2D eigenvalue weighted by Gasteiger charge is 2.15. The molecule has 0 bridgehead atoms. The van der Waals surface area contributed by atoms with Gasteiger partial charge in [0.2, 0.25) is 0 Å². The van der Waals surface area contributed by atoms with E-state index in [2.05, 4.69) is 40.6 Å². The van der Waals surface area contributed by atoms with Gasteiger partial charge in [-0.15, -0.1) is 0 Å². The lowest BCUT2D eigenvalue weighted by molar-refractivity contribution is 0.0843. The Morgan fingerprint density at radius 1 is 1.04 bits per heavy atom. The zero-order valence-corrected chi connectivity index (χ0v) is 16.7. The fourth-order valence-electron chi connectivity index (χ4n) is 2.29. The first-order valence-corrected chi connectivity index (χ1v) is 9.26. The topological polar surface area (TPSA) is 67.4 Å². The number of carbonyl (C=O) groups excluding carboxylic acids is 2. The minimum atomic E-state index is -0.437. The molecule has 6 heteroatoms. The summed E-state index contributed by atoms with van der Waals surface area (Å²) in [7, 11) is 0. The fraction of sp³-hybridized carbons (Fsp3) is 0.300. The van der Waals surface area contributed by atoms with E-state index in [0.717, 1.165) is 16.5 Å². The van der Waals surface area contributed by atoms with Crippen molar-refractivity contribution in [1.82, 2.24) is 10.9 Å². The number of hydrazine groups is 1. The summed E-state index contributed by atoms with van der Waals surface area (Å²) in [5, 5.41) is 0. The van der Waals surface area contributed by atoms with E-state index in [0.29, 0.717) is 29.4 Å². The van der Waals surface area contributed by atoms with Crippen LogP contribution in [0.3, 0.4) is 0 Å². The number of hydrogen-bond acceptors (Lipinski definition) is 3. The summed E-state index contributed by atoms with van der Waals surface area (Å²) in [6.45, 7) is 6.58. The van der Waals surface area contributed by atoms with E-state index >= 15 is 0 Å². The van der Waals surface area contributed by atoms with Gasteiger partial charge in [-0.05, 0) is 49.1 Å². The maximum atomic E-state index is 12.5. The van der Waals surface area contributed by atoms with E-state index in [1.165, 1.54) is 0 Å². The number of hydrogen-bond donors (Lipinski definition) is 2. The molecule has 2 N–H and O–H groups in total. The average molecular weight is 419 g/mol. The lowest BCUT2D eigenvalue weighted by Gasteiger charge is -2.14. The first kappa shape index (κ1) is 20.0. The molecule has 0 aliphatic rings. The van der Waals surface area contributed by atoms with E-state index in [1.54, 1.807) is 24.3 Å². The van der Waals surface area contributed by atoms with Gasteiger partial charge in [0.15, 0.2) is 0 Å². The molecule has 0 saturated heterocycles. The number of halogens is 1. The van der Waals surface area contributed by atoms with Crippen molar-refractivity contribution in [2.45, 2.75) is 27.2 Å². The Kier molecular flexibility index (Phi) is 7.21. The second-order valence-corrected chi connectivity index (χ2v) is 7.31. The second-order valence-electron chi connectivity index (χ2n) is 6.39.